The number of hydrogen-bond donors (Lipinski definition) is 0. The highest BCUT2D eigenvalue weighted by atomic mass is 16.6. The molecule has 1 saturated carbocycles. The number of furan rings is 1. The fourth-order valence-corrected chi connectivity index (χ4v) is 4.50. The quantitative estimate of drug-likeness (QED) is 0.660. The molecule has 3 nitrogen and oxygen atoms in total. The number of hydrogen-bond acceptors (Lipinski definition) is 3. The van der Waals surface area contributed by atoms with Crippen molar-refractivity contribution in [1.29, 1.82) is 0 Å². The maximum Gasteiger partial charge on any atom is 0.310 e. The molecule has 3 heteroatoms. The first-order valence-corrected chi connectivity index (χ1v) is 6.89. The molecule has 1 aliphatic heterocycles. The molecule has 4 atom stereocenters. The van der Waals surface area contributed by atoms with Gasteiger partial charge in [-0.15, -0.1) is 0 Å². The van der Waals surface area contributed by atoms with E-state index in [0.717, 1.165) is 36.1 Å². The van der Waals surface area contributed by atoms with Gasteiger partial charge in [0.25, 0.3) is 0 Å². The van der Waals surface area contributed by atoms with Crippen LogP contribution in [0.1, 0.15) is 49.2 Å². The molecule has 3 aliphatic rings. The van der Waals surface area contributed by atoms with Gasteiger partial charge in [-0.2, -0.15) is 0 Å². The van der Waals surface area contributed by atoms with Crippen LogP contribution in [-0.4, -0.2) is 5.97 Å². The lowest BCUT2D eigenvalue weighted by atomic mass is 9.55. The summed E-state index contributed by atoms with van der Waals surface area (Å²) in [6, 6.07) is 0. The average Bonchev–Trinajstić information content (AvgIpc) is 2.81. The Kier molecular flexibility index (Phi) is 1.89. The van der Waals surface area contributed by atoms with Crippen molar-refractivity contribution in [3.63, 3.8) is 0 Å². The Bertz CT molecular complexity index is 530. The fourth-order valence-electron chi connectivity index (χ4n) is 4.50. The first-order valence-electron chi connectivity index (χ1n) is 6.89. The SMILES string of the molecule is Cc1coc2c1[C@H]1OC(=O)[C@H]3CCC[C@@H](C2)[C@]31C. The Balaban J connectivity index is 1.93. The third-order valence-electron chi connectivity index (χ3n) is 5.56. The van der Waals surface area contributed by atoms with Gasteiger partial charge < -0.3 is 9.15 Å². The summed E-state index contributed by atoms with van der Waals surface area (Å²) in [6.07, 6.45) is 6.05. The van der Waals surface area contributed by atoms with E-state index in [9.17, 15) is 4.79 Å². The lowest BCUT2D eigenvalue weighted by Crippen LogP contribution is -2.44. The van der Waals surface area contributed by atoms with Crippen molar-refractivity contribution < 1.29 is 13.9 Å². The highest BCUT2D eigenvalue weighted by Gasteiger charge is 2.62. The molecule has 0 radical (unpaired) electrons. The highest BCUT2D eigenvalue weighted by molar-refractivity contribution is 5.77. The van der Waals surface area contributed by atoms with Crippen LogP contribution >= 0.6 is 0 Å². The van der Waals surface area contributed by atoms with Crippen LogP contribution in [0.3, 0.4) is 0 Å². The Labute approximate surface area is 106 Å². The van der Waals surface area contributed by atoms with E-state index in [1.807, 2.05) is 6.26 Å². The number of esters is 1. The molecule has 1 aromatic heterocycles. The van der Waals surface area contributed by atoms with E-state index in [0.29, 0.717) is 5.92 Å². The fraction of sp³-hybridized carbons (Fsp3) is 0.667. The van der Waals surface area contributed by atoms with Crippen LogP contribution in [0.5, 0.6) is 0 Å². The number of rotatable bonds is 0. The molecule has 0 unspecified atom stereocenters. The highest BCUT2D eigenvalue weighted by Crippen LogP contribution is 2.63. The lowest BCUT2D eigenvalue weighted by molar-refractivity contribution is -0.144. The summed E-state index contributed by atoms with van der Waals surface area (Å²) >= 11 is 0. The van der Waals surface area contributed by atoms with E-state index < -0.39 is 0 Å². The largest absolute Gasteiger partial charge is 0.469 e. The minimum absolute atomic E-state index is 0.00301. The number of ether oxygens (including phenoxy) is 1. The van der Waals surface area contributed by atoms with E-state index in [4.69, 9.17) is 9.15 Å². The Morgan fingerprint density at radius 1 is 1.39 bits per heavy atom. The van der Waals surface area contributed by atoms with Crippen molar-refractivity contribution >= 4 is 5.97 Å². The lowest BCUT2D eigenvalue weighted by Gasteiger charge is -2.46. The van der Waals surface area contributed by atoms with Gasteiger partial charge in [0.2, 0.25) is 0 Å². The second-order valence-electron chi connectivity index (χ2n) is 6.32. The Morgan fingerprint density at radius 3 is 3.06 bits per heavy atom. The zero-order valence-corrected chi connectivity index (χ0v) is 10.9. The summed E-state index contributed by atoms with van der Waals surface area (Å²) < 4.78 is 11.4. The minimum atomic E-state index is -0.0669. The third kappa shape index (κ3) is 1.04. The van der Waals surface area contributed by atoms with E-state index in [2.05, 4.69) is 13.8 Å². The zero-order valence-electron chi connectivity index (χ0n) is 10.9. The number of carbonyl (C=O) groups is 1. The molecular formula is C15H18O3. The van der Waals surface area contributed by atoms with Crippen LogP contribution in [0.2, 0.25) is 0 Å². The summed E-state index contributed by atoms with van der Waals surface area (Å²) in [7, 11) is 0. The van der Waals surface area contributed by atoms with Crippen molar-refractivity contribution in [2.45, 2.75) is 45.6 Å². The smallest absolute Gasteiger partial charge is 0.310 e. The summed E-state index contributed by atoms with van der Waals surface area (Å²) in [5.41, 5.74) is 2.29. The topological polar surface area (TPSA) is 39.4 Å². The first-order chi connectivity index (χ1) is 8.62. The molecule has 0 N–H and O–H groups in total. The van der Waals surface area contributed by atoms with E-state index in [-0.39, 0.29) is 23.4 Å². The first kappa shape index (κ1) is 10.7. The predicted octanol–water partition coefficient (Wildman–Crippen LogP) is 3.16. The van der Waals surface area contributed by atoms with E-state index in [1.165, 1.54) is 6.42 Å². The maximum atomic E-state index is 12.1. The van der Waals surface area contributed by atoms with Gasteiger partial charge in [-0.3, -0.25) is 4.79 Å². The zero-order chi connectivity index (χ0) is 12.5. The van der Waals surface area contributed by atoms with Crippen LogP contribution in [0, 0.1) is 24.2 Å². The monoisotopic (exact) mass is 246 g/mol. The second-order valence-corrected chi connectivity index (χ2v) is 6.32. The van der Waals surface area contributed by atoms with Crippen molar-refractivity contribution in [2.24, 2.45) is 17.3 Å². The molecule has 1 aromatic rings. The third-order valence-corrected chi connectivity index (χ3v) is 5.56. The summed E-state index contributed by atoms with van der Waals surface area (Å²) in [5, 5.41) is 0. The normalized spacial score (nSPS) is 41.2. The van der Waals surface area contributed by atoms with Gasteiger partial charge in [-0.25, -0.2) is 0 Å². The molecular weight excluding hydrogens is 228 g/mol. The molecule has 18 heavy (non-hydrogen) atoms. The molecule has 0 aromatic carbocycles. The van der Waals surface area contributed by atoms with Gasteiger partial charge in [0, 0.05) is 17.4 Å². The Hall–Kier alpha value is -1.25. The van der Waals surface area contributed by atoms with Crippen molar-refractivity contribution in [3.05, 3.63) is 23.2 Å². The molecule has 96 valence electrons. The molecule has 2 fully saturated rings. The standard InChI is InChI=1S/C15H18O3/c1-8-7-17-11-6-9-4-3-5-10-14(16)18-13(12(8)11)15(9,10)2/h7,9-10,13H,3-6H2,1-2H3/t9-,10+,13+,15+/m0/s1. The van der Waals surface area contributed by atoms with Gasteiger partial charge in [0.1, 0.15) is 11.9 Å². The van der Waals surface area contributed by atoms with Crippen molar-refractivity contribution in [2.75, 3.05) is 0 Å². The maximum absolute atomic E-state index is 12.1. The van der Waals surface area contributed by atoms with Crippen molar-refractivity contribution in [3.8, 4) is 0 Å². The molecule has 0 amide bonds. The van der Waals surface area contributed by atoms with Gasteiger partial charge in [-0.05, 0) is 31.2 Å². The van der Waals surface area contributed by atoms with Crippen LogP contribution in [0.15, 0.2) is 10.7 Å². The Morgan fingerprint density at radius 2 is 2.22 bits per heavy atom. The predicted molar refractivity (Wildman–Crippen MR) is 64.9 cm³/mol. The number of aryl methyl sites for hydroxylation is 1. The molecule has 0 spiro atoms. The summed E-state index contributed by atoms with van der Waals surface area (Å²) in [4.78, 5) is 12.1. The van der Waals surface area contributed by atoms with Gasteiger partial charge in [-0.1, -0.05) is 13.3 Å². The van der Waals surface area contributed by atoms with Crippen LogP contribution < -0.4 is 0 Å². The van der Waals surface area contributed by atoms with Crippen LogP contribution in [0.4, 0.5) is 0 Å². The van der Waals surface area contributed by atoms with Gasteiger partial charge >= 0.3 is 5.97 Å². The summed E-state index contributed by atoms with van der Waals surface area (Å²) in [6.45, 7) is 4.31. The molecule has 2 aliphatic carbocycles. The second kappa shape index (κ2) is 3.19. The van der Waals surface area contributed by atoms with E-state index in [1.54, 1.807) is 0 Å². The molecule has 2 heterocycles. The van der Waals surface area contributed by atoms with Crippen LogP contribution in [0.25, 0.3) is 0 Å². The van der Waals surface area contributed by atoms with E-state index >= 15 is 0 Å². The minimum Gasteiger partial charge on any atom is -0.469 e. The molecule has 0 bridgehead atoms. The molecule has 1 saturated heterocycles. The van der Waals surface area contributed by atoms with Crippen molar-refractivity contribution in [1.82, 2.24) is 0 Å². The average molecular weight is 246 g/mol. The number of fused-ring (bicyclic) bond motifs is 2. The molecule has 4 rings (SSSR count). The van der Waals surface area contributed by atoms with Gasteiger partial charge in [0.15, 0.2) is 0 Å². The number of carbonyl (C=O) groups excluding carboxylic acids is 1. The van der Waals surface area contributed by atoms with Crippen LogP contribution in [-0.2, 0) is 16.0 Å². The van der Waals surface area contributed by atoms with Gasteiger partial charge in [0.05, 0.1) is 12.2 Å². The summed E-state index contributed by atoms with van der Waals surface area (Å²) in [5.74, 6) is 1.70.